The second-order valence-corrected chi connectivity index (χ2v) is 4.06. The molecule has 1 N–H and O–H groups in total. The molecule has 1 fully saturated rings. The van der Waals surface area contributed by atoms with E-state index in [0.29, 0.717) is 13.2 Å². The van der Waals surface area contributed by atoms with Crippen molar-refractivity contribution >= 4 is 7.12 Å². The summed E-state index contributed by atoms with van der Waals surface area (Å²) in [5, 5.41) is 3.24. The van der Waals surface area contributed by atoms with Crippen LogP contribution in [-0.2, 0) is 9.31 Å². The van der Waals surface area contributed by atoms with Gasteiger partial charge in [0.1, 0.15) is 0 Å². The van der Waals surface area contributed by atoms with Gasteiger partial charge < -0.3 is 14.6 Å². The number of nitrogens with one attached hydrogen (secondary N) is 1. The van der Waals surface area contributed by atoms with Crippen LogP contribution in [0.4, 0.5) is 0 Å². The van der Waals surface area contributed by atoms with Crippen LogP contribution >= 0.6 is 0 Å². The third kappa shape index (κ3) is 3.08. The van der Waals surface area contributed by atoms with Crippen LogP contribution in [0.3, 0.4) is 0 Å². The van der Waals surface area contributed by atoms with Gasteiger partial charge in [0, 0.05) is 32.1 Å². The number of hydrogen-bond acceptors (Lipinski definition) is 3. The molecule has 0 aliphatic carbocycles. The fraction of sp³-hybridized carbons (Fsp3) is 0.500. The van der Waals surface area contributed by atoms with E-state index in [2.05, 4.69) is 36.5 Å². The molecule has 4 heteroatoms. The average molecular weight is 219 g/mol. The minimum absolute atomic E-state index is 0.121. The first-order valence-electron chi connectivity index (χ1n) is 5.87. The Kier molecular flexibility index (Phi) is 4.39. The van der Waals surface area contributed by atoms with Gasteiger partial charge in [-0.3, -0.25) is 0 Å². The lowest BCUT2D eigenvalue weighted by atomic mass is 9.69. The summed E-state index contributed by atoms with van der Waals surface area (Å²) in [6.45, 7) is 5.38. The molecule has 0 unspecified atom stereocenters. The normalized spacial score (nSPS) is 19.9. The summed E-state index contributed by atoms with van der Waals surface area (Å²) in [6.07, 6.45) is 0. The second kappa shape index (κ2) is 6.04. The summed E-state index contributed by atoms with van der Waals surface area (Å²) in [5.74, 6) is 0.277. The molecule has 86 valence electrons. The summed E-state index contributed by atoms with van der Waals surface area (Å²) in [4.78, 5) is 0. The molecule has 1 heterocycles. The first kappa shape index (κ1) is 11.6. The van der Waals surface area contributed by atoms with Crippen molar-refractivity contribution in [1.29, 1.82) is 0 Å². The van der Waals surface area contributed by atoms with Crippen molar-refractivity contribution in [3.05, 3.63) is 35.9 Å². The summed E-state index contributed by atoms with van der Waals surface area (Å²) in [5.41, 5.74) is 1.26. The molecule has 1 aromatic carbocycles. The van der Waals surface area contributed by atoms with Crippen molar-refractivity contribution in [1.82, 2.24) is 5.32 Å². The van der Waals surface area contributed by atoms with E-state index >= 15 is 0 Å². The van der Waals surface area contributed by atoms with Gasteiger partial charge in [0.15, 0.2) is 0 Å². The maximum atomic E-state index is 5.71. The quantitative estimate of drug-likeness (QED) is 0.763. The van der Waals surface area contributed by atoms with Gasteiger partial charge >= 0.3 is 7.12 Å². The minimum Gasteiger partial charge on any atom is -0.409 e. The molecule has 1 aromatic rings. The van der Waals surface area contributed by atoms with Gasteiger partial charge in [0.25, 0.3) is 0 Å². The molecule has 1 atom stereocenters. The van der Waals surface area contributed by atoms with Gasteiger partial charge in [-0.25, -0.2) is 0 Å². The molecule has 3 nitrogen and oxygen atoms in total. The molecular weight excluding hydrogens is 201 g/mol. The number of hydrogen-bond donors (Lipinski definition) is 1. The van der Waals surface area contributed by atoms with Gasteiger partial charge in [-0.1, -0.05) is 37.3 Å². The van der Waals surface area contributed by atoms with E-state index in [4.69, 9.17) is 9.31 Å². The number of benzene rings is 1. The average Bonchev–Trinajstić information content (AvgIpc) is 2.29. The highest BCUT2D eigenvalue weighted by Crippen LogP contribution is 2.19. The summed E-state index contributed by atoms with van der Waals surface area (Å²) >= 11 is 0. The minimum atomic E-state index is -0.121. The van der Waals surface area contributed by atoms with Crippen LogP contribution in [0.1, 0.15) is 18.3 Å². The zero-order valence-corrected chi connectivity index (χ0v) is 9.69. The van der Waals surface area contributed by atoms with E-state index in [1.54, 1.807) is 0 Å². The van der Waals surface area contributed by atoms with Crippen LogP contribution in [0.15, 0.2) is 30.3 Å². The fourth-order valence-corrected chi connectivity index (χ4v) is 1.87. The Bertz CT molecular complexity index is 299. The lowest BCUT2D eigenvalue weighted by Crippen LogP contribution is -2.38. The molecule has 1 aliphatic heterocycles. The third-order valence-corrected chi connectivity index (χ3v) is 2.86. The summed E-state index contributed by atoms with van der Waals surface area (Å²) in [6, 6.07) is 10.4. The van der Waals surface area contributed by atoms with E-state index in [9.17, 15) is 0 Å². The van der Waals surface area contributed by atoms with Gasteiger partial charge in [-0.05, 0) is 5.56 Å². The second-order valence-electron chi connectivity index (χ2n) is 4.06. The van der Waals surface area contributed by atoms with Crippen LogP contribution in [0.25, 0.3) is 0 Å². The molecule has 0 radical (unpaired) electrons. The summed E-state index contributed by atoms with van der Waals surface area (Å²) < 4.78 is 11.4. The first-order chi connectivity index (χ1) is 7.88. The molecule has 16 heavy (non-hydrogen) atoms. The molecule has 0 aromatic heterocycles. The van der Waals surface area contributed by atoms with Crippen molar-refractivity contribution in [3.8, 4) is 0 Å². The fourth-order valence-electron chi connectivity index (χ4n) is 1.87. The van der Waals surface area contributed by atoms with Gasteiger partial charge in [0.05, 0.1) is 0 Å². The Morgan fingerprint density at radius 3 is 2.38 bits per heavy atom. The number of rotatable bonds is 2. The SMILES string of the molecule is C[C@H](B1OCCNCCO1)c1ccccc1. The van der Waals surface area contributed by atoms with Crippen LogP contribution in [0.2, 0.25) is 0 Å². The molecule has 2 rings (SSSR count). The summed E-state index contributed by atoms with van der Waals surface area (Å²) in [7, 11) is -0.121. The van der Waals surface area contributed by atoms with Gasteiger partial charge in [0.2, 0.25) is 0 Å². The van der Waals surface area contributed by atoms with Gasteiger partial charge in [-0.2, -0.15) is 0 Å². The Balaban J connectivity index is 1.99. The lowest BCUT2D eigenvalue weighted by molar-refractivity contribution is 0.171. The smallest absolute Gasteiger partial charge is 0.409 e. The first-order valence-corrected chi connectivity index (χ1v) is 5.87. The van der Waals surface area contributed by atoms with Gasteiger partial charge in [-0.15, -0.1) is 0 Å². The molecule has 0 spiro atoms. The highest BCUT2D eigenvalue weighted by atomic mass is 16.6. The zero-order valence-electron chi connectivity index (χ0n) is 9.69. The highest BCUT2D eigenvalue weighted by Gasteiger charge is 2.28. The predicted octanol–water partition coefficient (Wildman–Crippen LogP) is 1.45. The van der Waals surface area contributed by atoms with Crippen molar-refractivity contribution < 1.29 is 9.31 Å². The maximum absolute atomic E-state index is 5.71. The topological polar surface area (TPSA) is 30.5 Å². The highest BCUT2D eigenvalue weighted by molar-refractivity contribution is 6.46. The van der Waals surface area contributed by atoms with Crippen molar-refractivity contribution in [3.63, 3.8) is 0 Å². The molecule has 0 saturated carbocycles. The Morgan fingerprint density at radius 2 is 1.75 bits per heavy atom. The maximum Gasteiger partial charge on any atom is 0.464 e. The molecular formula is C12H18BNO2. The van der Waals surface area contributed by atoms with Crippen LogP contribution in [-0.4, -0.2) is 33.4 Å². The molecule has 0 bridgehead atoms. The Labute approximate surface area is 97.3 Å². The van der Waals surface area contributed by atoms with E-state index < -0.39 is 0 Å². The van der Waals surface area contributed by atoms with Crippen LogP contribution < -0.4 is 5.32 Å². The Hall–Kier alpha value is -0.835. The third-order valence-electron chi connectivity index (χ3n) is 2.86. The standard InChI is InChI=1S/C12H18BNO2/c1-11(12-5-3-2-4-6-12)13-15-9-7-14-8-10-16-13/h2-6,11,14H,7-10H2,1H3/t11-/m0/s1. The van der Waals surface area contributed by atoms with E-state index in [0.717, 1.165) is 13.1 Å². The monoisotopic (exact) mass is 219 g/mol. The van der Waals surface area contributed by atoms with Crippen LogP contribution in [0.5, 0.6) is 0 Å². The van der Waals surface area contributed by atoms with Crippen molar-refractivity contribution in [2.75, 3.05) is 26.3 Å². The Morgan fingerprint density at radius 1 is 1.12 bits per heavy atom. The van der Waals surface area contributed by atoms with E-state index in [1.165, 1.54) is 5.56 Å². The van der Waals surface area contributed by atoms with Crippen molar-refractivity contribution in [2.24, 2.45) is 0 Å². The van der Waals surface area contributed by atoms with E-state index in [-0.39, 0.29) is 12.9 Å². The molecule has 1 saturated heterocycles. The lowest BCUT2D eigenvalue weighted by Gasteiger charge is -2.23. The van der Waals surface area contributed by atoms with Crippen molar-refractivity contribution in [2.45, 2.75) is 12.7 Å². The predicted molar refractivity (Wildman–Crippen MR) is 65.4 cm³/mol. The molecule has 0 amide bonds. The zero-order chi connectivity index (χ0) is 11.2. The van der Waals surface area contributed by atoms with E-state index in [1.807, 2.05) is 6.07 Å². The molecule has 1 aliphatic rings. The largest absolute Gasteiger partial charge is 0.464 e. The van der Waals surface area contributed by atoms with Crippen LogP contribution in [0, 0.1) is 0 Å².